The molecule has 7 nitrogen and oxygen atoms in total. The number of carbonyl (C=O) groups excluding carboxylic acids is 2. The zero-order chi connectivity index (χ0) is 22.8. The fraction of sp³-hybridized carbons (Fsp3) is 0.440. The fourth-order valence-electron chi connectivity index (χ4n) is 3.56. The van der Waals surface area contributed by atoms with Gasteiger partial charge in [-0.3, -0.25) is 14.5 Å². The summed E-state index contributed by atoms with van der Waals surface area (Å²) in [7, 11) is 0. The maximum absolute atomic E-state index is 12.5. The number of hydrogen-bond donors (Lipinski definition) is 1. The van der Waals surface area contributed by atoms with E-state index in [1.807, 2.05) is 67.3 Å². The minimum Gasteiger partial charge on any atom is -0.494 e. The van der Waals surface area contributed by atoms with Gasteiger partial charge in [-0.2, -0.15) is 0 Å². The van der Waals surface area contributed by atoms with Crippen molar-refractivity contribution in [1.82, 2.24) is 15.1 Å². The Morgan fingerprint density at radius 1 is 0.906 bits per heavy atom. The Bertz CT molecular complexity index is 860. The number of nitrogens with one attached hydrogen (secondary N) is 1. The largest absolute Gasteiger partial charge is 0.494 e. The quantitative estimate of drug-likeness (QED) is 0.575. The molecule has 172 valence electrons. The van der Waals surface area contributed by atoms with Gasteiger partial charge in [-0.15, -0.1) is 0 Å². The van der Waals surface area contributed by atoms with Crippen LogP contribution in [0.15, 0.2) is 48.5 Å². The number of benzene rings is 2. The topological polar surface area (TPSA) is 71.1 Å². The van der Waals surface area contributed by atoms with Crippen molar-refractivity contribution >= 4 is 11.8 Å². The van der Waals surface area contributed by atoms with Crippen molar-refractivity contribution in [2.24, 2.45) is 0 Å². The molecule has 7 heteroatoms. The van der Waals surface area contributed by atoms with Gasteiger partial charge in [0.1, 0.15) is 18.1 Å². The lowest BCUT2D eigenvalue weighted by molar-refractivity contribution is -0.132. The normalized spacial score (nSPS) is 14.1. The van der Waals surface area contributed by atoms with Crippen molar-refractivity contribution in [3.8, 4) is 11.5 Å². The number of nitrogens with zero attached hydrogens (tertiary/aromatic N) is 2. The van der Waals surface area contributed by atoms with E-state index in [1.54, 1.807) is 0 Å². The van der Waals surface area contributed by atoms with Gasteiger partial charge in [0.25, 0.3) is 0 Å². The first kappa shape index (κ1) is 23.6. The summed E-state index contributed by atoms with van der Waals surface area (Å²) in [5.41, 5.74) is 2.23. The van der Waals surface area contributed by atoms with Crippen LogP contribution >= 0.6 is 0 Å². The van der Waals surface area contributed by atoms with Crippen LogP contribution in [-0.2, 0) is 16.0 Å². The number of rotatable bonds is 10. The van der Waals surface area contributed by atoms with Gasteiger partial charge < -0.3 is 19.7 Å². The molecule has 32 heavy (non-hydrogen) atoms. The standard InChI is InChI=1S/C25H33N3O4/c1-3-31-22-8-10-23(11-9-22)32-17-12-26-24(29)19-27-13-15-28(16-14-27)25(30)18-21-6-4-20(2)5-7-21/h4-11H,3,12-19H2,1-2H3,(H,26,29). The Morgan fingerprint density at radius 2 is 1.53 bits per heavy atom. The first-order chi connectivity index (χ1) is 15.5. The maximum atomic E-state index is 12.5. The average Bonchev–Trinajstić information content (AvgIpc) is 2.80. The molecule has 1 fully saturated rings. The molecule has 0 unspecified atom stereocenters. The van der Waals surface area contributed by atoms with Gasteiger partial charge in [0.15, 0.2) is 0 Å². The Morgan fingerprint density at radius 3 is 2.16 bits per heavy atom. The van der Waals surface area contributed by atoms with E-state index < -0.39 is 0 Å². The third-order valence-corrected chi connectivity index (χ3v) is 5.40. The monoisotopic (exact) mass is 439 g/mol. The third kappa shape index (κ3) is 7.57. The first-order valence-corrected chi connectivity index (χ1v) is 11.2. The van der Waals surface area contributed by atoms with E-state index in [0.717, 1.165) is 17.1 Å². The van der Waals surface area contributed by atoms with Gasteiger partial charge in [-0.1, -0.05) is 29.8 Å². The van der Waals surface area contributed by atoms with Crippen LogP contribution in [0.25, 0.3) is 0 Å². The van der Waals surface area contributed by atoms with Crippen molar-refractivity contribution in [1.29, 1.82) is 0 Å². The van der Waals surface area contributed by atoms with Crippen LogP contribution in [-0.4, -0.2) is 74.1 Å². The van der Waals surface area contributed by atoms with E-state index in [0.29, 0.717) is 58.9 Å². The van der Waals surface area contributed by atoms with Crippen LogP contribution < -0.4 is 14.8 Å². The molecule has 0 atom stereocenters. The van der Waals surface area contributed by atoms with Gasteiger partial charge >= 0.3 is 0 Å². The van der Waals surface area contributed by atoms with E-state index in [1.165, 1.54) is 5.56 Å². The minimum atomic E-state index is -0.0280. The van der Waals surface area contributed by atoms with Crippen molar-refractivity contribution in [2.45, 2.75) is 20.3 Å². The highest BCUT2D eigenvalue weighted by atomic mass is 16.5. The summed E-state index contributed by atoms with van der Waals surface area (Å²) in [5, 5.41) is 2.89. The van der Waals surface area contributed by atoms with Gasteiger partial charge in [0, 0.05) is 26.2 Å². The number of piperazine rings is 1. The average molecular weight is 440 g/mol. The lowest BCUT2D eigenvalue weighted by Gasteiger charge is -2.34. The molecule has 0 aromatic heterocycles. The van der Waals surface area contributed by atoms with Gasteiger partial charge in [-0.05, 0) is 43.7 Å². The van der Waals surface area contributed by atoms with E-state index in [4.69, 9.17) is 9.47 Å². The van der Waals surface area contributed by atoms with E-state index in [-0.39, 0.29) is 11.8 Å². The number of hydrogen-bond acceptors (Lipinski definition) is 5. The van der Waals surface area contributed by atoms with Crippen LogP contribution in [0.1, 0.15) is 18.1 Å². The maximum Gasteiger partial charge on any atom is 0.234 e. The van der Waals surface area contributed by atoms with Crippen LogP contribution in [0.5, 0.6) is 11.5 Å². The van der Waals surface area contributed by atoms with Crippen LogP contribution in [0.3, 0.4) is 0 Å². The molecule has 0 bridgehead atoms. The molecule has 0 radical (unpaired) electrons. The first-order valence-electron chi connectivity index (χ1n) is 11.2. The van der Waals surface area contributed by atoms with Crippen LogP contribution in [0.4, 0.5) is 0 Å². The second-order valence-corrected chi connectivity index (χ2v) is 7.92. The molecule has 1 aliphatic rings. The highest BCUT2D eigenvalue weighted by molar-refractivity contribution is 5.79. The molecule has 2 amide bonds. The molecule has 1 aliphatic heterocycles. The molecule has 3 rings (SSSR count). The van der Waals surface area contributed by atoms with Crippen molar-refractivity contribution in [2.75, 3.05) is 52.5 Å². The number of ether oxygens (including phenoxy) is 2. The predicted molar refractivity (Wildman–Crippen MR) is 124 cm³/mol. The summed E-state index contributed by atoms with van der Waals surface area (Å²) in [6.45, 7) is 8.51. The van der Waals surface area contributed by atoms with Crippen LogP contribution in [0.2, 0.25) is 0 Å². The van der Waals surface area contributed by atoms with Crippen molar-refractivity contribution < 1.29 is 19.1 Å². The Hall–Kier alpha value is -3.06. The lowest BCUT2D eigenvalue weighted by atomic mass is 10.1. The molecule has 2 aromatic rings. The Kier molecular flexibility index (Phi) is 8.92. The molecule has 1 saturated heterocycles. The molecular weight excluding hydrogens is 406 g/mol. The summed E-state index contributed by atoms with van der Waals surface area (Å²) < 4.78 is 11.0. The van der Waals surface area contributed by atoms with Crippen LogP contribution in [0, 0.1) is 6.92 Å². The molecule has 1 N–H and O–H groups in total. The summed E-state index contributed by atoms with van der Waals surface area (Å²) in [5.74, 6) is 1.67. The van der Waals surface area contributed by atoms with Gasteiger partial charge in [0.2, 0.25) is 11.8 Å². The SMILES string of the molecule is CCOc1ccc(OCCNC(=O)CN2CCN(C(=O)Cc3ccc(C)cc3)CC2)cc1. The lowest BCUT2D eigenvalue weighted by Crippen LogP contribution is -2.51. The highest BCUT2D eigenvalue weighted by Gasteiger charge is 2.22. The third-order valence-electron chi connectivity index (χ3n) is 5.40. The molecule has 0 spiro atoms. The number of carbonyl (C=O) groups is 2. The smallest absolute Gasteiger partial charge is 0.234 e. The predicted octanol–water partition coefficient (Wildman–Crippen LogP) is 2.28. The molecule has 0 aliphatic carbocycles. The second-order valence-electron chi connectivity index (χ2n) is 7.92. The van der Waals surface area contributed by atoms with Crippen molar-refractivity contribution in [3.05, 3.63) is 59.7 Å². The summed E-state index contributed by atoms with van der Waals surface area (Å²) in [6.07, 6.45) is 0.426. The number of amides is 2. The van der Waals surface area contributed by atoms with E-state index >= 15 is 0 Å². The minimum absolute atomic E-state index is 0.0280. The molecular formula is C25H33N3O4. The fourth-order valence-corrected chi connectivity index (χ4v) is 3.56. The zero-order valence-electron chi connectivity index (χ0n) is 19.0. The Labute approximate surface area is 190 Å². The van der Waals surface area contributed by atoms with Gasteiger partial charge in [0.05, 0.1) is 26.1 Å². The summed E-state index contributed by atoms with van der Waals surface area (Å²) in [6, 6.07) is 15.5. The highest BCUT2D eigenvalue weighted by Crippen LogP contribution is 2.17. The molecule has 0 saturated carbocycles. The van der Waals surface area contributed by atoms with E-state index in [2.05, 4.69) is 10.2 Å². The second kappa shape index (κ2) is 12.1. The number of aryl methyl sites for hydroxylation is 1. The van der Waals surface area contributed by atoms with Gasteiger partial charge in [-0.25, -0.2) is 0 Å². The molecule has 2 aromatic carbocycles. The zero-order valence-corrected chi connectivity index (χ0v) is 19.0. The van der Waals surface area contributed by atoms with Crippen molar-refractivity contribution in [3.63, 3.8) is 0 Å². The summed E-state index contributed by atoms with van der Waals surface area (Å²) >= 11 is 0. The van der Waals surface area contributed by atoms with E-state index in [9.17, 15) is 9.59 Å². The Balaban J connectivity index is 1.29. The molecule has 1 heterocycles. The summed E-state index contributed by atoms with van der Waals surface area (Å²) in [4.78, 5) is 28.7.